The first kappa shape index (κ1) is 21.2. The van der Waals surface area contributed by atoms with Gasteiger partial charge in [0.2, 0.25) is 5.95 Å². The molecule has 31 heavy (non-hydrogen) atoms. The molecule has 158 valence electrons. The van der Waals surface area contributed by atoms with Gasteiger partial charge in [-0.3, -0.25) is 9.48 Å². The van der Waals surface area contributed by atoms with Gasteiger partial charge in [-0.25, -0.2) is 14.4 Å². The molecule has 3 heterocycles. The molecular weight excluding hydrogens is 462 g/mol. The van der Waals surface area contributed by atoms with Crippen LogP contribution in [0.1, 0.15) is 15.2 Å². The number of amides is 1. The molecule has 0 atom stereocenters. The summed E-state index contributed by atoms with van der Waals surface area (Å²) in [6.45, 7) is 0.174. The van der Waals surface area contributed by atoms with Crippen LogP contribution >= 0.6 is 34.5 Å². The van der Waals surface area contributed by atoms with Crippen LogP contribution in [0.5, 0.6) is 0 Å². The van der Waals surface area contributed by atoms with Crippen molar-refractivity contribution < 1.29 is 9.18 Å². The highest BCUT2D eigenvalue weighted by atomic mass is 35.5. The van der Waals surface area contributed by atoms with Gasteiger partial charge in [-0.1, -0.05) is 29.3 Å². The molecule has 11 heteroatoms. The van der Waals surface area contributed by atoms with E-state index in [0.29, 0.717) is 32.7 Å². The Labute approximate surface area is 190 Å². The van der Waals surface area contributed by atoms with Crippen LogP contribution in [0.15, 0.2) is 48.1 Å². The Balaban J connectivity index is 1.48. The Bertz CT molecular complexity index is 1260. The van der Waals surface area contributed by atoms with Gasteiger partial charge >= 0.3 is 0 Å². The maximum absolute atomic E-state index is 13.6. The molecule has 0 saturated heterocycles. The van der Waals surface area contributed by atoms with E-state index >= 15 is 0 Å². The third-order valence-electron chi connectivity index (χ3n) is 4.34. The molecule has 0 aliphatic heterocycles. The summed E-state index contributed by atoms with van der Waals surface area (Å²) in [6, 6.07) is 7.89. The Morgan fingerprint density at radius 1 is 1.23 bits per heavy atom. The maximum atomic E-state index is 13.6. The van der Waals surface area contributed by atoms with Crippen LogP contribution in [0.25, 0.3) is 11.3 Å². The average Bonchev–Trinajstić information content (AvgIpc) is 3.40. The fourth-order valence-electron chi connectivity index (χ4n) is 2.74. The van der Waals surface area contributed by atoms with Crippen LogP contribution in [0.3, 0.4) is 0 Å². The van der Waals surface area contributed by atoms with Crippen molar-refractivity contribution in [3.63, 3.8) is 0 Å². The number of hydrogen-bond donors (Lipinski definition) is 2. The molecular formula is C20H15Cl2FN6OS. The summed E-state index contributed by atoms with van der Waals surface area (Å²) in [4.78, 5) is 21.6. The Kier molecular flexibility index (Phi) is 6.17. The van der Waals surface area contributed by atoms with Crippen LogP contribution in [-0.2, 0) is 13.6 Å². The Hall–Kier alpha value is -3.01. The number of thiophene rings is 1. The number of anilines is 2. The van der Waals surface area contributed by atoms with Crippen LogP contribution in [-0.4, -0.2) is 25.7 Å². The SMILES string of the molecule is Cn1nccc1Nc1ncc(Cl)c(-c2csc(C(=O)NCc3ccc(Cl)c(F)c3)c2)n1. The van der Waals surface area contributed by atoms with E-state index in [-0.39, 0.29) is 17.5 Å². The monoisotopic (exact) mass is 476 g/mol. The standard InChI is InChI=1S/C20H15Cl2FN6OS/c1-29-17(4-5-26-29)27-20-25-9-14(22)18(28-20)12-7-16(31-10-12)19(30)24-8-11-2-3-13(21)15(23)6-11/h2-7,9-10H,8H2,1H3,(H,24,30)(H,25,27,28). The molecule has 4 rings (SSSR count). The van der Waals surface area contributed by atoms with E-state index in [9.17, 15) is 9.18 Å². The summed E-state index contributed by atoms with van der Waals surface area (Å²) in [7, 11) is 1.79. The molecule has 0 bridgehead atoms. The van der Waals surface area contributed by atoms with Gasteiger partial charge in [0.15, 0.2) is 0 Å². The third kappa shape index (κ3) is 4.84. The van der Waals surface area contributed by atoms with E-state index in [2.05, 4.69) is 25.7 Å². The smallest absolute Gasteiger partial charge is 0.261 e. The number of hydrogen-bond acceptors (Lipinski definition) is 6. The van der Waals surface area contributed by atoms with Crippen LogP contribution in [0.4, 0.5) is 16.2 Å². The van der Waals surface area contributed by atoms with Crippen LogP contribution < -0.4 is 10.6 Å². The van der Waals surface area contributed by atoms with Crippen molar-refractivity contribution in [2.45, 2.75) is 6.54 Å². The number of benzene rings is 1. The molecule has 1 aromatic carbocycles. The molecule has 4 aromatic rings. The van der Waals surface area contributed by atoms with E-state index in [1.165, 1.54) is 29.7 Å². The number of aromatic nitrogens is 4. The summed E-state index contributed by atoms with van der Waals surface area (Å²) in [6.07, 6.45) is 3.15. The topological polar surface area (TPSA) is 84.7 Å². The van der Waals surface area contributed by atoms with Crippen molar-refractivity contribution in [2.75, 3.05) is 5.32 Å². The third-order valence-corrected chi connectivity index (χ3v) is 5.85. The normalized spacial score (nSPS) is 10.8. The van der Waals surface area contributed by atoms with Gasteiger partial charge in [-0.15, -0.1) is 11.3 Å². The molecule has 0 unspecified atom stereocenters. The summed E-state index contributed by atoms with van der Waals surface area (Å²) in [5.74, 6) is 0.257. The summed E-state index contributed by atoms with van der Waals surface area (Å²) >= 11 is 13.2. The number of carbonyl (C=O) groups is 1. The molecule has 2 N–H and O–H groups in total. The first-order valence-corrected chi connectivity index (χ1v) is 10.6. The molecule has 7 nitrogen and oxygen atoms in total. The van der Waals surface area contributed by atoms with Gasteiger partial charge in [0.25, 0.3) is 5.91 Å². The van der Waals surface area contributed by atoms with Gasteiger partial charge in [0.05, 0.1) is 33.0 Å². The molecule has 0 spiro atoms. The minimum atomic E-state index is -0.527. The van der Waals surface area contributed by atoms with Crippen molar-refractivity contribution in [2.24, 2.45) is 7.05 Å². The predicted octanol–water partition coefficient (Wildman–Crippen LogP) is 5.06. The first-order valence-electron chi connectivity index (χ1n) is 8.99. The molecule has 0 aliphatic rings. The first-order chi connectivity index (χ1) is 14.9. The average molecular weight is 477 g/mol. The van der Waals surface area contributed by atoms with Crippen molar-refractivity contribution in [1.82, 2.24) is 25.1 Å². The van der Waals surface area contributed by atoms with Crippen molar-refractivity contribution in [3.05, 3.63) is 74.4 Å². The van der Waals surface area contributed by atoms with E-state index in [1.807, 2.05) is 0 Å². The second kappa shape index (κ2) is 9.01. The van der Waals surface area contributed by atoms with Crippen LogP contribution in [0.2, 0.25) is 10.0 Å². The van der Waals surface area contributed by atoms with E-state index in [0.717, 1.165) is 5.82 Å². The highest BCUT2D eigenvalue weighted by Gasteiger charge is 2.15. The number of halogens is 3. The number of aryl methyl sites for hydroxylation is 1. The van der Waals surface area contributed by atoms with E-state index in [1.54, 1.807) is 41.5 Å². The summed E-state index contributed by atoms with van der Waals surface area (Å²) in [5.41, 5.74) is 1.79. The van der Waals surface area contributed by atoms with Gasteiger partial charge in [-0.2, -0.15) is 5.10 Å². The van der Waals surface area contributed by atoms with Crippen molar-refractivity contribution >= 4 is 52.2 Å². The second-order valence-electron chi connectivity index (χ2n) is 6.49. The van der Waals surface area contributed by atoms with Gasteiger partial charge < -0.3 is 10.6 Å². The lowest BCUT2D eigenvalue weighted by atomic mass is 10.2. The summed E-state index contributed by atoms with van der Waals surface area (Å²) < 4.78 is 15.2. The zero-order valence-corrected chi connectivity index (χ0v) is 18.4. The minimum absolute atomic E-state index is 0.0388. The zero-order valence-electron chi connectivity index (χ0n) is 16.1. The quantitative estimate of drug-likeness (QED) is 0.406. The maximum Gasteiger partial charge on any atom is 0.261 e. The zero-order chi connectivity index (χ0) is 22.0. The number of carbonyl (C=O) groups excluding carboxylic acids is 1. The Morgan fingerprint density at radius 2 is 2.06 bits per heavy atom. The number of nitrogens with one attached hydrogen (secondary N) is 2. The fourth-order valence-corrected chi connectivity index (χ4v) is 3.86. The summed E-state index contributed by atoms with van der Waals surface area (Å²) in [5, 5.41) is 12.1. The van der Waals surface area contributed by atoms with E-state index in [4.69, 9.17) is 23.2 Å². The predicted molar refractivity (Wildman–Crippen MR) is 119 cm³/mol. The van der Waals surface area contributed by atoms with Gasteiger partial charge in [-0.05, 0) is 23.8 Å². The van der Waals surface area contributed by atoms with Crippen molar-refractivity contribution in [1.29, 1.82) is 0 Å². The minimum Gasteiger partial charge on any atom is -0.347 e. The molecule has 0 radical (unpaired) electrons. The lowest BCUT2D eigenvalue weighted by Gasteiger charge is -2.07. The molecule has 1 amide bonds. The molecule has 0 saturated carbocycles. The highest BCUT2D eigenvalue weighted by Crippen LogP contribution is 2.30. The molecule has 0 fully saturated rings. The molecule has 3 aromatic heterocycles. The van der Waals surface area contributed by atoms with E-state index < -0.39 is 5.82 Å². The number of nitrogens with zero attached hydrogens (tertiary/aromatic N) is 4. The Morgan fingerprint density at radius 3 is 2.81 bits per heavy atom. The number of rotatable bonds is 6. The largest absolute Gasteiger partial charge is 0.347 e. The van der Waals surface area contributed by atoms with Gasteiger partial charge in [0, 0.05) is 30.6 Å². The van der Waals surface area contributed by atoms with Crippen LogP contribution in [0, 0.1) is 5.82 Å². The molecule has 0 aliphatic carbocycles. The highest BCUT2D eigenvalue weighted by molar-refractivity contribution is 7.12. The fraction of sp³-hybridized carbons (Fsp3) is 0.100. The van der Waals surface area contributed by atoms with Crippen molar-refractivity contribution in [3.8, 4) is 11.3 Å². The second-order valence-corrected chi connectivity index (χ2v) is 8.21. The lowest BCUT2D eigenvalue weighted by molar-refractivity contribution is 0.0955. The lowest BCUT2D eigenvalue weighted by Crippen LogP contribution is -2.21. The van der Waals surface area contributed by atoms with Gasteiger partial charge in [0.1, 0.15) is 11.6 Å².